The van der Waals surface area contributed by atoms with Gasteiger partial charge in [0.05, 0.1) is 5.75 Å². The van der Waals surface area contributed by atoms with Crippen LogP contribution in [0.3, 0.4) is 0 Å². The van der Waals surface area contributed by atoms with E-state index in [0.29, 0.717) is 36.3 Å². The van der Waals surface area contributed by atoms with E-state index in [0.717, 1.165) is 17.9 Å². The van der Waals surface area contributed by atoms with Crippen LogP contribution in [-0.2, 0) is 18.7 Å². The lowest BCUT2D eigenvalue weighted by molar-refractivity contribution is 0.485. The fourth-order valence-electron chi connectivity index (χ4n) is 2.96. The average molecular weight is 416 g/mol. The molecule has 154 valence electrons. The van der Waals surface area contributed by atoms with Crippen LogP contribution in [0.25, 0.3) is 0 Å². The van der Waals surface area contributed by atoms with Crippen LogP contribution in [-0.4, -0.2) is 25.5 Å². The lowest BCUT2D eigenvalue weighted by Gasteiger charge is -2.11. The first-order chi connectivity index (χ1) is 14.0. The van der Waals surface area contributed by atoms with Crippen molar-refractivity contribution in [1.29, 1.82) is 0 Å². The molecule has 29 heavy (non-hydrogen) atoms. The summed E-state index contributed by atoms with van der Waals surface area (Å²) in [5.41, 5.74) is 2.54. The van der Waals surface area contributed by atoms with Crippen LogP contribution in [0.5, 0.6) is 0 Å². The summed E-state index contributed by atoms with van der Waals surface area (Å²) in [6, 6.07) is 7.40. The first-order valence-electron chi connectivity index (χ1n) is 9.53. The minimum Gasteiger partial charge on any atom is -0.425 e. The van der Waals surface area contributed by atoms with Gasteiger partial charge >= 0.3 is 5.69 Å². The highest BCUT2D eigenvalue weighted by Crippen LogP contribution is 2.18. The molecule has 0 saturated carbocycles. The summed E-state index contributed by atoms with van der Waals surface area (Å²) in [6.45, 7) is 6.26. The Morgan fingerprint density at radius 3 is 2.72 bits per heavy atom. The number of rotatable bonds is 9. The Balaban J connectivity index is 1.57. The maximum Gasteiger partial charge on any atom is 0.329 e. The van der Waals surface area contributed by atoms with Gasteiger partial charge in [-0.1, -0.05) is 13.0 Å². The number of aromatic amines is 1. The third-order valence-electron chi connectivity index (χ3n) is 4.49. The van der Waals surface area contributed by atoms with Crippen LogP contribution in [0.15, 0.2) is 38.3 Å². The fourth-order valence-corrected chi connectivity index (χ4v) is 3.73. The third-order valence-corrected chi connectivity index (χ3v) is 5.52. The maximum absolute atomic E-state index is 12.4. The van der Waals surface area contributed by atoms with Crippen LogP contribution in [0.4, 0.5) is 11.5 Å². The molecular formula is C20H25N5O3S. The maximum atomic E-state index is 12.4. The predicted octanol–water partition coefficient (Wildman–Crippen LogP) is 3.17. The van der Waals surface area contributed by atoms with Crippen molar-refractivity contribution in [2.75, 3.05) is 11.1 Å². The molecule has 0 fully saturated rings. The van der Waals surface area contributed by atoms with E-state index < -0.39 is 5.69 Å². The zero-order chi connectivity index (χ0) is 20.8. The van der Waals surface area contributed by atoms with Crippen molar-refractivity contribution in [2.24, 2.45) is 0 Å². The van der Waals surface area contributed by atoms with Gasteiger partial charge in [0.2, 0.25) is 11.8 Å². The minimum absolute atomic E-state index is 0.323. The molecule has 0 atom stereocenters. The Hall–Kier alpha value is -2.81. The second kappa shape index (κ2) is 9.60. The molecule has 9 heteroatoms. The van der Waals surface area contributed by atoms with Crippen molar-refractivity contribution in [3.8, 4) is 0 Å². The van der Waals surface area contributed by atoms with Crippen LogP contribution in [0, 0.1) is 13.8 Å². The van der Waals surface area contributed by atoms with Crippen molar-refractivity contribution in [1.82, 2.24) is 19.7 Å². The van der Waals surface area contributed by atoms with Gasteiger partial charge in [-0.15, -0.1) is 10.2 Å². The van der Waals surface area contributed by atoms with Gasteiger partial charge in [-0.3, -0.25) is 14.3 Å². The number of anilines is 2. The molecule has 2 aromatic heterocycles. The lowest BCUT2D eigenvalue weighted by atomic mass is 10.1. The smallest absolute Gasteiger partial charge is 0.329 e. The molecular weight excluding hydrogens is 390 g/mol. The van der Waals surface area contributed by atoms with Gasteiger partial charge in [0, 0.05) is 25.2 Å². The molecule has 8 nitrogen and oxygen atoms in total. The van der Waals surface area contributed by atoms with Gasteiger partial charge < -0.3 is 9.73 Å². The fraction of sp³-hybridized carbons (Fsp3) is 0.400. The number of hydrogen-bond acceptors (Lipinski definition) is 7. The van der Waals surface area contributed by atoms with Gasteiger partial charge in [0.25, 0.3) is 5.56 Å². The summed E-state index contributed by atoms with van der Waals surface area (Å²) in [5, 5.41) is 10.8. The van der Waals surface area contributed by atoms with Gasteiger partial charge in [-0.05, 0) is 48.8 Å². The Morgan fingerprint density at radius 1 is 1.21 bits per heavy atom. The summed E-state index contributed by atoms with van der Waals surface area (Å²) in [5.74, 6) is 2.91. The third kappa shape index (κ3) is 5.60. The van der Waals surface area contributed by atoms with Gasteiger partial charge in [0.15, 0.2) is 0 Å². The SMILES string of the molecule is CCc1cc(Nc2cc(=O)n(CCCSCc3nnc(C)o3)c(=O)[nH]2)ccc1C. The molecule has 0 radical (unpaired) electrons. The number of aromatic nitrogens is 4. The summed E-state index contributed by atoms with van der Waals surface area (Å²) in [7, 11) is 0. The molecule has 0 unspecified atom stereocenters. The average Bonchev–Trinajstić information content (AvgIpc) is 3.10. The zero-order valence-corrected chi connectivity index (χ0v) is 17.6. The second-order valence-corrected chi connectivity index (χ2v) is 7.82. The van der Waals surface area contributed by atoms with Crippen molar-refractivity contribution in [2.45, 2.75) is 45.9 Å². The van der Waals surface area contributed by atoms with Gasteiger partial charge in [0.1, 0.15) is 5.82 Å². The number of aryl methyl sites for hydroxylation is 3. The Labute approximate surface area is 172 Å². The van der Waals surface area contributed by atoms with E-state index in [4.69, 9.17) is 4.42 Å². The highest BCUT2D eigenvalue weighted by molar-refractivity contribution is 7.98. The van der Waals surface area contributed by atoms with E-state index in [-0.39, 0.29) is 5.56 Å². The van der Waals surface area contributed by atoms with Gasteiger partial charge in [-0.25, -0.2) is 4.79 Å². The number of H-pyrrole nitrogens is 1. The molecule has 0 saturated heterocycles. The normalized spacial score (nSPS) is 11.0. The molecule has 3 aromatic rings. The number of benzene rings is 1. The van der Waals surface area contributed by atoms with E-state index in [1.165, 1.54) is 21.8 Å². The van der Waals surface area contributed by atoms with Crippen LogP contribution in [0.1, 0.15) is 36.3 Å². The predicted molar refractivity (Wildman–Crippen MR) is 115 cm³/mol. The van der Waals surface area contributed by atoms with E-state index in [2.05, 4.69) is 34.3 Å². The van der Waals surface area contributed by atoms with Crippen molar-refractivity contribution < 1.29 is 4.42 Å². The molecule has 2 heterocycles. The van der Waals surface area contributed by atoms with E-state index in [9.17, 15) is 9.59 Å². The van der Waals surface area contributed by atoms with Crippen molar-refractivity contribution in [3.63, 3.8) is 0 Å². The molecule has 3 rings (SSSR count). The number of hydrogen-bond donors (Lipinski definition) is 2. The molecule has 2 N–H and O–H groups in total. The summed E-state index contributed by atoms with van der Waals surface area (Å²) in [6.07, 6.45) is 1.61. The first kappa shape index (κ1) is 20.9. The zero-order valence-electron chi connectivity index (χ0n) is 16.8. The second-order valence-electron chi connectivity index (χ2n) is 6.72. The van der Waals surface area contributed by atoms with Crippen LogP contribution in [0.2, 0.25) is 0 Å². The summed E-state index contributed by atoms with van der Waals surface area (Å²) >= 11 is 1.62. The molecule has 0 aliphatic carbocycles. The standard InChI is InChI=1S/C20H25N5O3S/c1-4-15-10-16(7-6-13(15)2)21-17-11-19(26)25(20(27)22-17)8-5-9-29-12-18-24-23-14(3)28-18/h6-7,10-11,21H,4-5,8-9,12H2,1-3H3,(H,22,27). The molecule has 1 aromatic carbocycles. The number of nitrogens with zero attached hydrogens (tertiary/aromatic N) is 3. The van der Waals surface area contributed by atoms with E-state index >= 15 is 0 Å². The minimum atomic E-state index is -0.416. The van der Waals surface area contributed by atoms with Crippen LogP contribution >= 0.6 is 11.8 Å². The number of thioether (sulfide) groups is 1. The molecule has 0 aliphatic heterocycles. The summed E-state index contributed by atoms with van der Waals surface area (Å²) < 4.78 is 6.53. The van der Waals surface area contributed by atoms with Crippen LogP contribution < -0.4 is 16.6 Å². The largest absolute Gasteiger partial charge is 0.425 e. The topological polar surface area (TPSA) is 106 Å². The highest BCUT2D eigenvalue weighted by atomic mass is 32.2. The Morgan fingerprint density at radius 2 is 2.03 bits per heavy atom. The molecule has 0 bridgehead atoms. The molecule has 0 spiro atoms. The Bertz CT molecular complexity index is 1050. The first-order valence-corrected chi connectivity index (χ1v) is 10.7. The lowest BCUT2D eigenvalue weighted by Crippen LogP contribution is -2.35. The Kier molecular flexibility index (Phi) is 6.92. The molecule has 0 amide bonds. The molecule has 0 aliphatic rings. The van der Waals surface area contributed by atoms with Crippen molar-refractivity contribution in [3.05, 3.63) is 68.0 Å². The van der Waals surface area contributed by atoms with Gasteiger partial charge in [-0.2, -0.15) is 11.8 Å². The highest BCUT2D eigenvalue weighted by Gasteiger charge is 2.07. The van der Waals surface area contributed by atoms with E-state index in [1.54, 1.807) is 18.7 Å². The number of nitrogens with one attached hydrogen (secondary N) is 2. The monoisotopic (exact) mass is 415 g/mol. The quantitative estimate of drug-likeness (QED) is 0.517. The van der Waals surface area contributed by atoms with Crippen molar-refractivity contribution >= 4 is 23.3 Å². The summed E-state index contributed by atoms with van der Waals surface area (Å²) in [4.78, 5) is 27.5. The van der Waals surface area contributed by atoms with E-state index in [1.807, 2.05) is 18.2 Å².